The van der Waals surface area contributed by atoms with Gasteiger partial charge in [0.1, 0.15) is 24.7 Å². The molecule has 2 aromatic carbocycles. The van der Waals surface area contributed by atoms with Crippen LogP contribution in [-0.2, 0) is 32.1 Å². The number of nitrogens with zero attached hydrogens (tertiary/aromatic N) is 1. The minimum Gasteiger partial charge on any atom is -0.480 e. The zero-order valence-corrected chi connectivity index (χ0v) is 20.6. The maximum atomic E-state index is 13.1. The van der Waals surface area contributed by atoms with Crippen LogP contribution < -0.4 is 10.6 Å². The van der Waals surface area contributed by atoms with E-state index in [0.29, 0.717) is 19.4 Å². The smallest absolute Gasteiger partial charge is 0.410 e. The van der Waals surface area contributed by atoms with E-state index in [1.54, 1.807) is 38.1 Å². The van der Waals surface area contributed by atoms with Crippen molar-refractivity contribution >= 4 is 23.9 Å². The van der Waals surface area contributed by atoms with Gasteiger partial charge >= 0.3 is 12.1 Å². The number of aliphatic carboxylic acids is 1. The normalized spacial score (nSPS) is 16.8. The van der Waals surface area contributed by atoms with Crippen molar-refractivity contribution < 1.29 is 29.0 Å². The van der Waals surface area contributed by atoms with E-state index < -0.39 is 42.0 Å². The minimum absolute atomic E-state index is 0.0968. The molecule has 0 aliphatic carbocycles. The third kappa shape index (κ3) is 7.31. The van der Waals surface area contributed by atoms with Gasteiger partial charge in [0, 0.05) is 13.0 Å². The highest BCUT2D eigenvalue weighted by molar-refractivity contribution is 5.93. The quantitative estimate of drug-likeness (QED) is 0.466. The van der Waals surface area contributed by atoms with E-state index in [9.17, 15) is 24.3 Å². The number of carbonyl (C=O) groups excluding carboxylic acids is 3. The van der Waals surface area contributed by atoms with Crippen molar-refractivity contribution in [3.63, 3.8) is 0 Å². The molecule has 36 heavy (non-hydrogen) atoms. The Labute approximate surface area is 210 Å². The second-order valence-corrected chi connectivity index (χ2v) is 9.21. The van der Waals surface area contributed by atoms with Gasteiger partial charge in [-0.1, -0.05) is 74.5 Å². The first-order valence-electron chi connectivity index (χ1n) is 12.1. The Hall–Kier alpha value is -3.88. The van der Waals surface area contributed by atoms with E-state index in [1.165, 1.54) is 4.90 Å². The first kappa shape index (κ1) is 26.7. The minimum atomic E-state index is -1.16. The lowest BCUT2D eigenvalue weighted by atomic mass is 10.0. The zero-order valence-electron chi connectivity index (χ0n) is 20.6. The summed E-state index contributed by atoms with van der Waals surface area (Å²) in [5.41, 5.74) is 1.61. The third-order valence-electron chi connectivity index (χ3n) is 6.14. The van der Waals surface area contributed by atoms with Crippen LogP contribution in [0.4, 0.5) is 4.79 Å². The first-order valence-corrected chi connectivity index (χ1v) is 12.1. The van der Waals surface area contributed by atoms with E-state index in [2.05, 4.69) is 10.6 Å². The summed E-state index contributed by atoms with van der Waals surface area (Å²) in [6.07, 6.45) is 0.611. The highest BCUT2D eigenvalue weighted by Gasteiger charge is 2.38. The Morgan fingerprint density at radius 1 is 0.972 bits per heavy atom. The van der Waals surface area contributed by atoms with E-state index in [0.717, 1.165) is 11.1 Å². The number of ether oxygens (including phenoxy) is 1. The molecule has 1 aliphatic heterocycles. The van der Waals surface area contributed by atoms with Crippen molar-refractivity contribution in [2.24, 2.45) is 5.92 Å². The van der Waals surface area contributed by atoms with Gasteiger partial charge in [0.25, 0.3) is 0 Å². The lowest BCUT2D eigenvalue weighted by Gasteiger charge is -2.28. The van der Waals surface area contributed by atoms with Gasteiger partial charge in [-0.25, -0.2) is 9.59 Å². The lowest BCUT2D eigenvalue weighted by Crippen LogP contribution is -2.57. The maximum absolute atomic E-state index is 13.1. The lowest BCUT2D eigenvalue weighted by molar-refractivity contribution is -0.142. The van der Waals surface area contributed by atoms with Crippen LogP contribution in [0.1, 0.15) is 37.8 Å². The maximum Gasteiger partial charge on any atom is 0.410 e. The van der Waals surface area contributed by atoms with Crippen molar-refractivity contribution in [2.45, 2.75) is 57.8 Å². The third-order valence-corrected chi connectivity index (χ3v) is 6.14. The summed E-state index contributed by atoms with van der Waals surface area (Å²) in [4.78, 5) is 52.0. The molecule has 0 aromatic heterocycles. The van der Waals surface area contributed by atoms with Crippen molar-refractivity contribution in [3.8, 4) is 0 Å². The topological polar surface area (TPSA) is 125 Å². The van der Waals surface area contributed by atoms with Gasteiger partial charge in [0.2, 0.25) is 11.8 Å². The van der Waals surface area contributed by atoms with Crippen LogP contribution in [0.3, 0.4) is 0 Å². The van der Waals surface area contributed by atoms with Crippen LogP contribution >= 0.6 is 0 Å². The van der Waals surface area contributed by atoms with Gasteiger partial charge in [0.15, 0.2) is 0 Å². The van der Waals surface area contributed by atoms with Crippen LogP contribution in [0.5, 0.6) is 0 Å². The number of likely N-dealkylation sites (tertiary alicyclic amines) is 1. The second-order valence-electron chi connectivity index (χ2n) is 9.21. The Morgan fingerprint density at radius 3 is 2.17 bits per heavy atom. The summed E-state index contributed by atoms with van der Waals surface area (Å²) < 4.78 is 5.39. The number of carboxylic acids is 1. The Bertz CT molecular complexity index is 1040. The predicted molar refractivity (Wildman–Crippen MR) is 133 cm³/mol. The number of carbonyl (C=O) groups is 4. The molecule has 1 saturated heterocycles. The molecular weight excluding hydrogens is 462 g/mol. The Balaban J connectivity index is 1.61. The number of rotatable bonds is 10. The second kappa shape index (κ2) is 12.7. The summed E-state index contributed by atoms with van der Waals surface area (Å²) in [7, 11) is 0. The van der Waals surface area contributed by atoms with Crippen molar-refractivity contribution in [2.75, 3.05) is 6.54 Å². The number of amides is 3. The highest BCUT2D eigenvalue weighted by atomic mass is 16.6. The van der Waals surface area contributed by atoms with Crippen molar-refractivity contribution in [3.05, 3.63) is 71.8 Å². The average Bonchev–Trinajstić information content (AvgIpc) is 3.36. The van der Waals surface area contributed by atoms with Crippen LogP contribution in [0.25, 0.3) is 0 Å². The molecule has 3 N–H and O–H groups in total. The fourth-order valence-corrected chi connectivity index (χ4v) is 4.16. The molecule has 3 atom stereocenters. The molecule has 3 unspecified atom stereocenters. The van der Waals surface area contributed by atoms with E-state index in [-0.39, 0.29) is 18.9 Å². The van der Waals surface area contributed by atoms with Gasteiger partial charge in [-0.05, 0) is 29.9 Å². The van der Waals surface area contributed by atoms with Gasteiger partial charge in [-0.3, -0.25) is 14.5 Å². The first-order chi connectivity index (χ1) is 17.3. The number of nitrogens with one attached hydrogen (secondary N) is 2. The molecule has 3 rings (SSSR count). The van der Waals surface area contributed by atoms with Gasteiger partial charge in [0.05, 0.1) is 0 Å². The number of hydrogen-bond donors (Lipinski definition) is 3. The summed E-state index contributed by atoms with van der Waals surface area (Å²) >= 11 is 0. The molecular formula is C27H33N3O6. The van der Waals surface area contributed by atoms with Gasteiger partial charge in [-0.15, -0.1) is 0 Å². The number of hydrogen-bond acceptors (Lipinski definition) is 5. The molecule has 3 amide bonds. The molecule has 9 nitrogen and oxygen atoms in total. The van der Waals surface area contributed by atoms with Crippen LogP contribution in [0.2, 0.25) is 0 Å². The van der Waals surface area contributed by atoms with Crippen LogP contribution in [0, 0.1) is 5.92 Å². The molecule has 1 aliphatic rings. The van der Waals surface area contributed by atoms with E-state index in [1.807, 2.05) is 36.4 Å². The number of benzene rings is 2. The van der Waals surface area contributed by atoms with Crippen molar-refractivity contribution in [1.29, 1.82) is 0 Å². The molecule has 192 valence electrons. The van der Waals surface area contributed by atoms with E-state index >= 15 is 0 Å². The highest BCUT2D eigenvalue weighted by Crippen LogP contribution is 2.20. The fourth-order valence-electron chi connectivity index (χ4n) is 4.16. The Kier molecular flexibility index (Phi) is 9.44. The molecule has 9 heteroatoms. The van der Waals surface area contributed by atoms with E-state index in [4.69, 9.17) is 4.74 Å². The molecule has 0 radical (unpaired) electrons. The standard InChI is InChI=1S/C27H33N3O6/c1-18(2)23(25(32)28-21(26(33)34)16-19-10-5-3-6-11-19)29-24(31)22-14-9-15-30(22)27(35)36-17-20-12-7-4-8-13-20/h3-8,10-13,18,21-23H,9,14-17H2,1-2H3,(H,28,32)(H,29,31)(H,33,34). The molecule has 0 saturated carbocycles. The van der Waals surface area contributed by atoms with Crippen LogP contribution in [-0.4, -0.2) is 58.6 Å². The molecule has 2 aromatic rings. The van der Waals surface area contributed by atoms with Crippen molar-refractivity contribution in [1.82, 2.24) is 15.5 Å². The SMILES string of the molecule is CC(C)C(NC(=O)C1CCCN1C(=O)OCc1ccccc1)C(=O)NC(Cc1ccccc1)C(=O)O. The Morgan fingerprint density at radius 2 is 1.58 bits per heavy atom. The van der Waals surface area contributed by atoms with Gasteiger partial charge in [-0.2, -0.15) is 0 Å². The largest absolute Gasteiger partial charge is 0.480 e. The summed E-state index contributed by atoms with van der Waals surface area (Å²) in [6.45, 7) is 4.00. The molecule has 0 bridgehead atoms. The predicted octanol–water partition coefficient (Wildman–Crippen LogP) is 2.74. The zero-order chi connectivity index (χ0) is 26.1. The average molecular weight is 496 g/mol. The summed E-state index contributed by atoms with van der Waals surface area (Å²) in [5.74, 6) is -2.52. The molecule has 1 fully saturated rings. The van der Waals surface area contributed by atoms with Gasteiger partial charge < -0.3 is 20.5 Å². The summed E-state index contributed by atoms with van der Waals surface area (Å²) in [6, 6.07) is 15.4. The number of carboxylic acid groups (broad SMARTS) is 1. The summed E-state index contributed by atoms with van der Waals surface area (Å²) in [5, 5.41) is 14.9. The fraction of sp³-hybridized carbons (Fsp3) is 0.407. The molecule has 0 spiro atoms. The van der Waals surface area contributed by atoms with Crippen LogP contribution in [0.15, 0.2) is 60.7 Å². The monoisotopic (exact) mass is 495 g/mol. The molecule has 1 heterocycles.